The molecule has 0 radical (unpaired) electrons. The number of nitrogens with one attached hydrogen (secondary N) is 2. The number of carbonyl (C=O) groups is 1. The molecule has 3 rings (SSSR count). The van der Waals surface area contributed by atoms with Gasteiger partial charge in [0.25, 0.3) is 0 Å². The van der Waals surface area contributed by atoms with Crippen molar-refractivity contribution in [3.8, 4) is 0 Å². The van der Waals surface area contributed by atoms with Gasteiger partial charge < -0.3 is 25.0 Å². The molecule has 1 aliphatic heterocycles. The van der Waals surface area contributed by atoms with Crippen molar-refractivity contribution in [2.75, 3.05) is 48.4 Å². The van der Waals surface area contributed by atoms with Crippen molar-refractivity contribution in [2.24, 2.45) is 0 Å². The van der Waals surface area contributed by atoms with E-state index in [1.807, 2.05) is 43.3 Å². The van der Waals surface area contributed by atoms with Gasteiger partial charge >= 0.3 is 6.03 Å². The van der Waals surface area contributed by atoms with Gasteiger partial charge in [-0.3, -0.25) is 0 Å². The van der Waals surface area contributed by atoms with E-state index in [4.69, 9.17) is 9.47 Å². The summed E-state index contributed by atoms with van der Waals surface area (Å²) in [6.07, 6.45) is 4.11. The number of ether oxygens (including phenoxy) is 2. The molecule has 1 aromatic carbocycles. The third-order valence-electron chi connectivity index (χ3n) is 4.47. The van der Waals surface area contributed by atoms with E-state index in [2.05, 4.69) is 20.5 Å². The number of rotatable bonds is 9. The minimum Gasteiger partial charge on any atom is -0.379 e. The molecular formula is C21H28N4O3. The highest BCUT2D eigenvalue weighted by molar-refractivity contribution is 5.99. The van der Waals surface area contributed by atoms with Crippen molar-refractivity contribution >= 4 is 23.2 Å². The highest BCUT2D eigenvalue weighted by Crippen LogP contribution is 2.19. The van der Waals surface area contributed by atoms with Crippen LogP contribution in [0, 0.1) is 0 Å². The van der Waals surface area contributed by atoms with Crippen LogP contribution < -0.4 is 15.5 Å². The fourth-order valence-electron chi connectivity index (χ4n) is 3.08. The molecule has 0 bridgehead atoms. The van der Waals surface area contributed by atoms with Crippen LogP contribution in [0.1, 0.15) is 25.3 Å². The van der Waals surface area contributed by atoms with Gasteiger partial charge in [-0.1, -0.05) is 12.1 Å². The number of amides is 2. The molecule has 28 heavy (non-hydrogen) atoms. The number of hydrogen-bond acceptors (Lipinski definition) is 5. The Morgan fingerprint density at radius 2 is 1.86 bits per heavy atom. The second-order valence-corrected chi connectivity index (χ2v) is 6.63. The maximum Gasteiger partial charge on any atom is 0.323 e. The molecule has 1 fully saturated rings. The molecule has 7 nitrogen and oxygen atoms in total. The molecule has 0 spiro atoms. The van der Waals surface area contributed by atoms with Crippen molar-refractivity contribution in [2.45, 2.75) is 26.4 Å². The topological polar surface area (TPSA) is 75.7 Å². The maximum absolute atomic E-state index is 12.3. The fourth-order valence-corrected chi connectivity index (χ4v) is 3.08. The smallest absolute Gasteiger partial charge is 0.323 e. The molecule has 1 saturated heterocycles. The number of pyridine rings is 1. The SMILES string of the molecule is CCOCCOCc1cccc(NC(=O)Nc2ccc(N3CCCC3)nc2)c1. The van der Waals surface area contributed by atoms with Gasteiger partial charge in [0.15, 0.2) is 0 Å². The minimum atomic E-state index is -0.301. The first-order chi connectivity index (χ1) is 13.7. The molecule has 0 saturated carbocycles. The molecule has 2 heterocycles. The largest absolute Gasteiger partial charge is 0.379 e. The van der Waals surface area contributed by atoms with Gasteiger partial charge in [-0.2, -0.15) is 0 Å². The van der Waals surface area contributed by atoms with E-state index in [0.29, 0.717) is 37.8 Å². The van der Waals surface area contributed by atoms with Crippen molar-refractivity contribution in [1.29, 1.82) is 0 Å². The van der Waals surface area contributed by atoms with Crippen LogP contribution in [0.15, 0.2) is 42.6 Å². The van der Waals surface area contributed by atoms with Gasteiger partial charge in [-0.05, 0) is 49.6 Å². The molecule has 150 valence electrons. The summed E-state index contributed by atoms with van der Waals surface area (Å²) in [5.41, 5.74) is 2.37. The number of nitrogens with zero attached hydrogens (tertiary/aromatic N) is 2. The third kappa shape index (κ3) is 6.21. The Kier molecular flexibility index (Phi) is 7.63. The Hall–Kier alpha value is -2.64. The summed E-state index contributed by atoms with van der Waals surface area (Å²) in [4.78, 5) is 19.0. The summed E-state index contributed by atoms with van der Waals surface area (Å²) >= 11 is 0. The normalized spacial score (nSPS) is 13.5. The predicted molar refractivity (Wildman–Crippen MR) is 111 cm³/mol. The zero-order chi connectivity index (χ0) is 19.6. The number of hydrogen-bond donors (Lipinski definition) is 2. The van der Waals surface area contributed by atoms with Crippen molar-refractivity contribution in [1.82, 2.24) is 4.98 Å². The van der Waals surface area contributed by atoms with E-state index in [9.17, 15) is 4.79 Å². The molecule has 7 heteroatoms. The maximum atomic E-state index is 12.3. The van der Waals surface area contributed by atoms with Crippen LogP contribution in [0.4, 0.5) is 22.0 Å². The van der Waals surface area contributed by atoms with Crippen LogP contribution in [0.5, 0.6) is 0 Å². The van der Waals surface area contributed by atoms with Gasteiger partial charge in [0.2, 0.25) is 0 Å². The molecule has 2 N–H and O–H groups in total. The van der Waals surface area contributed by atoms with E-state index in [1.54, 1.807) is 6.20 Å². The van der Waals surface area contributed by atoms with E-state index >= 15 is 0 Å². The highest BCUT2D eigenvalue weighted by atomic mass is 16.5. The Morgan fingerprint density at radius 3 is 2.61 bits per heavy atom. The quantitative estimate of drug-likeness (QED) is 0.642. The lowest BCUT2D eigenvalue weighted by Gasteiger charge is -2.16. The summed E-state index contributed by atoms with van der Waals surface area (Å²) < 4.78 is 10.8. The van der Waals surface area contributed by atoms with Crippen LogP contribution in [0.25, 0.3) is 0 Å². The summed E-state index contributed by atoms with van der Waals surface area (Å²) in [6, 6.07) is 11.1. The summed E-state index contributed by atoms with van der Waals surface area (Å²) in [6.45, 7) is 6.35. The first kappa shape index (κ1) is 20.1. The number of benzene rings is 1. The Bertz CT molecular complexity index is 746. The first-order valence-corrected chi connectivity index (χ1v) is 9.78. The second-order valence-electron chi connectivity index (χ2n) is 6.63. The number of urea groups is 1. The Balaban J connectivity index is 1.47. The van der Waals surface area contributed by atoms with Gasteiger partial charge in [0.05, 0.1) is 31.7 Å². The Morgan fingerprint density at radius 1 is 1.07 bits per heavy atom. The van der Waals surface area contributed by atoms with Crippen LogP contribution in [0.2, 0.25) is 0 Å². The van der Waals surface area contributed by atoms with Gasteiger partial charge in [0, 0.05) is 25.4 Å². The monoisotopic (exact) mass is 384 g/mol. The van der Waals surface area contributed by atoms with Crippen molar-refractivity contribution in [3.05, 3.63) is 48.2 Å². The highest BCUT2D eigenvalue weighted by Gasteiger charge is 2.13. The van der Waals surface area contributed by atoms with E-state index < -0.39 is 0 Å². The van der Waals surface area contributed by atoms with Crippen LogP contribution in [-0.4, -0.2) is 43.9 Å². The van der Waals surface area contributed by atoms with Crippen LogP contribution in [0.3, 0.4) is 0 Å². The van der Waals surface area contributed by atoms with E-state index in [-0.39, 0.29) is 6.03 Å². The third-order valence-corrected chi connectivity index (χ3v) is 4.47. The van der Waals surface area contributed by atoms with Gasteiger partial charge in [0.1, 0.15) is 5.82 Å². The molecular weight excluding hydrogens is 356 g/mol. The fraction of sp³-hybridized carbons (Fsp3) is 0.429. The lowest BCUT2D eigenvalue weighted by molar-refractivity contribution is 0.0453. The average Bonchev–Trinajstić information content (AvgIpc) is 3.23. The first-order valence-electron chi connectivity index (χ1n) is 9.78. The Labute approximate surface area is 166 Å². The zero-order valence-electron chi connectivity index (χ0n) is 16.3. The van der Waals surface area contributed by atoms with Crippen LogP contribution >= 0.6 is 0 Å². The molecule has 0 unspecified atom stereocenters. The molecule has 2 amide bonds. The van der Waals surface area contributed by atoms with E-state index in [0.717, 1.165) is 24.5 Å². The number of carbonyl (C=O) groups excluding carboxylic acids is 1. The molecule has 1 aromatic heterocycles. The second kappa shape index (κ2) is 10.6. The van der Waals surface area contributed by atoms with Gasteiger partial charge in [-0.25, -0.2) is 9.78 Å². The van der Waals surface area contributed by atoms with Crippen molar-refractivity contribution < 1.29 is 14.3 Å². The lowest BCUT2D eigenvalue weighted by Crippen LogP contribution is -2.21. The zero-order valence-corrected chi connectivity index (χ0v) is 16.3. The molecule has 2 aromatic rings. The van der Waals surface area contributed by atoms with Gasteiger partial charge in [-0.15, -0.1) is 0 Å². The average molecular weight is 384 g/mol. The predicted octanol–water partition coefficient (Wildman–Crippen LogP) is 3.88. The minimum absolute atomic E-state index is 0.301. The lowest BCUT2D eigenvalue weighted by atomic mass is 10.2. The molecule has 0 aliphatic carbocycles. The van der Waals surface area contributed by atoms with Crippen LogP contribution in [-0.2, 0) is 16.1 Å². The summed E-state index contributed by atoms with van der Waals surface area (Å²) in [5, 5.41) is 5.66. The standard InChI is InChI=1S/C21H28N4O3/c1-2-27-12-13-28-16-17-6-5-7-18(14-17)23-21(26)24-19-8-9-20(22-15-19)25-10-3-4-11-25/h5-9,14-15H,2-4,10-13,16H2,1H3,(H2,23,24,26). The molecule has 1 aliphatic rings. The summed E-state index contributed by atoms with van der Waals surface area (Å²) in [5.74, 6) is 0.959. The number of anilines is 3. The summed E-state index contributed by atoms with van der Waals surface area (Å²) in [7, 11) is 0. The van der Waals surface area contributed by atoms with E-state index in [1.165, 1.54) is 12.8 Å². The molecule has 0 atom stereocenters. The van der Waals surface area contributed by atoms with Crippen molar-refractivity contribution in [3.63, 3.8) is 0 Å². The number of aromatic nitrogens is 1.